The van der Waals surface area contributed by atoms with Crippen molar-refractivity contribution in [3.63, 3.8) is 0 Å². The summed E-state index contributed by atoms with van der Waals surface area (Å²) < 4.78 is 33.6. The van der Waals surface area contributed by atoms with Gasteiger partial charge in [0.05, 0.1) is 17.7 Å². The number of rotatable bonds is 8. The van der Waals surface area contributed by atoms with Crippen molar-refractivity contribution in [2.45, 2.75) is 38.1 Å². The molecule has 0 unspecified atom stereocenters. The average Bonchev–Trinajstić information content (AvgIpc) is 2.85. The van der Waals surface area contributed by atoms with Gasteiger partial charge in [0.25, 0.3) is 10.0 Å². The molecule has 0 saturated carbocycles. The Balaban J connectivity index is 1.32. The lowest BCUT2D eigenvalue weighted by Crippen LogP contribution is -2.37. The maximum Gasteiger partial charge on any atom is 0.262 e. The summed E-state index contributed by atoms with van der Waals surface area (Å²) in [5.41, 5.74) is 4.42. The number of sulfonamides is 1. The molecule has 1 aliphatic rings. The molecule has 1 aliphatic heterocycles. The highest BCUT2D eigenvalue weighted by atomic mass is 32.2. The number of carbonyl (C=O) groups excluding carboxylic acids is 1. The number of methoxy groups -OCH3 is 1. The minimum atomic E-state index is -3.81. The van der Waals surface area contributed by atoms with Gasteiger partial charge in [-0.1, -0.05) is 35.9 Å². The molecule has 2 N–H and O–H groups in total. The summed E-state index contributed by atoms with van der Waals surface area (Å²) in [4.78, 5) is 15.3. The van der Waals surface area contributed by atoms with Gasteiger partial charge in [-0.15, -0.1) is 0 Å². The largest absolute Gasteiger partial charge is 0.495 e. The van der Waals surface area contributed by atoms with Crippen LogP contribution in [0.5, 0.6) is 5.75 Å². The zero-order valence-electron chi connectivity index (χ0n) is 21.0. The summed E-state index contributed by atoms with van der Waals surface area (Å²) in [6.07, 6.45) is 1.60. The Morgan fingerprint density at radius 1 is 0.972 bits per heavy atom. The van der Waals surface area contributed by atoms with Crippen LogP contribution in [0.15, 0.2) is 71.6 Å². The van der Waals surface area contributed by atoms with Crippen molar-refractivity contribution in [2.75, 3.05) is 30.2 Å². The number of likely N-dealkylation sites (tertiary alicyclic amines) is 1. The standard InChI is InChI=1S/C28H33N3O4S/c1-20-5-4-6-22(17-20)19-31-15-13-23(14-16-31)28(32)29-24-8-10-25(11-9-24)36(33,34)30-26-18-21(2)7-12-27(26)35-3/h4-12,17-18,23,30H,13-16,19H2,1-3H3,(H,29,32). The Hall–Kier alpha value is -3.36. The summed E-state index contributed by atoms with van der Waals surface area (Å²) in [6, 6.07) is 20.0. The molecule has 1 heterocycles. The second-order valence-corrected chi connectivity index (χ2v) is 11.0. The third kappa shape index (κ3) is 6.44. The van der Waals surface area contributed by atoms with Gasteiger partial charge >= 0.3 is 0 Å². The molecular formula is C28H33N3O4S. The molecule has 7 nitrogen and oxygen atoms in total. The number of aryl methyl sites for hydroxylation is 2. The summed E-state index contributed by atoms with van der Waals surface area (Å²) in [6.45, 7) is 6.62. The highest BCUT2D eigenvalue weighted by molar-refractivity contribution is 7.92. The van der Waals surface area contributed by atoms with E-state index in [1.165, 1.54) is 30.4 Å². The van der Waals surface area contributed by atoms with E-state index >= 15 is 0 Å². The highest BCUT2D eigenvalue weighted by Gasteiger charge is 2.25. The monoisotopic (exact) mass is 507 g/mol. The van der Waals surface area contributed by atoms with Crippen LogP contribution in [-0.4, -0.2) is 39.4 Å². The number of hydrogen-bond acceptors (Lipinski definition) is 5. The van der Waals surface area contributed by atoms with Gasteiger partial charge in [-0.25, -0.2) is 8.42 Å². The lowest BCUT2D eigenvalue weighted by Gasteiger charge is -2.31. The number of nitrogens with one attached hydrogen (secondary N) is 2. The number of piperidine rings is 1. The summed E-state index contributed by atoms with van der Waals surface area (Å²) in [5, 5.41) is 2.95. The topological polar surface area (TPSA) is 87.7 Å². The van der Waals surface area contributed by atoms with Crippen LogP contribution in [0.2, 0.25) is 0 Å². The first-order chi connectivity index (χ1) is 17.2. The Morgan fingerprint density at radius 2 is 1.67 bits per heavy atom. The van der Waals surface area contributed by atoms with Crippen molar-refractivity contribution >= 4 is 27.3 Å². The SMILES string of the molecule is COc1ccc(C)cc1NS(=O)(=O)c1ccc(NC(=O)C2CCN(Cc3cccc(C)c3)CC2)cc1. The van der Waals surface area contributed by atoms with E-state index in [4.69, 9.17) is 4.74 Å². The number of carbonyl (C=O) groups is 1. The van der Waals surface area contributed by atoms with Crippen molar-refractivity contribution in [2.24, 2.45) is 5.92 Å². The Kier molecular flexibility index (Phi) is 7.96. The third-order valence-corrected chi connectivity index (χ3v) is 7.86. The van der Waals surface area contributed by atoms with Gasteiger partial charge in [0, 0.05) is 18.2 Å². The van der Waals surface area contributed by atoms with E-state index in [9.17, 15) is 13.2 Å². The first-order valence-corrected chi connectivity index (χ1v) is 13.6. The third-order valence-electron chi connectivity index (χ3n) is 6.48. The second kappa shape index (κ2) is 11.1. The van der Waals surface area contributed by atoms with Crippen LogP contribution in [-0.2, 0) is 21.4 Å². The normalized spacial score (nSPS) is 14.9. The Morgan fingerprint density at radius 3 is 2.33 bits per heavy atom. The number of amides is 1. The van der Waals surface area contributed by atoms with Crippen molar-refractivity contribution in [1.82, 2.24) is 4.90 Å². The molecule has 8 heteroatoms. The van der Waals surface area contributed by atoms with Gasteiger partial charge in [0.2, 0.25) is 5.91 Å². The van der Waals surface area contributed by atoms with Crippen LogP contribution in [0.3, 0.4) is 0 Å². The fraction of sp³-hybridized carbons (Fsp3) is 0.321. The molecular weight excluding hydrogens is 474 g/mol. The second-order valence-electron chi connectivity index (χ2n) is 9.36. The van der Waals surface area contributed by atoms with Crippen molar-refractivity contribution in [3.05, 3.63) is 83.4 Å². The van der Waals surface area contributed by atoms with Crippen molar-refractivity contribution < 1.29 is 17.9 Å². The first kappa shape index (κ1) is 25.7. The van der Waals surface area contributed by atoms with E-state index in [2.05, 4.69) is 46.1 Å². The molecule has 1 fully saturated rings. The van der Waals surface area contributed by atoms with Crippen LogP contribution in [0, 0.1) is 19.8 Å². The van der Waals surface area contributed by atoms with Crippen LogP contribution in [0.4, 0.5) is 11.4 Å². The predicted molar refractivity (Wildman–Crippen MR) is 143 cm³/mol. The Labute approximate surface area is 213 Å². The van der Waals surface area contributed by atoms with Gasteiger partial charge in [0.1, 0.15) is 5.75 Å². The summed E-state index contributed by atoms with van der Waals surface area (Å²) in [5.74, 6) is 0.360. The molecule has 0 atom stereocenters. The molecule has 1 amide bonds. The van der Waals surface area contributed by atoms with E-state index < -0.39 is 10.0 Å². The number of hydrogen-bond donors (Lipinski definition) is 2. The summed E-state index contributed by atoms with van der Waals surface area (Å²) in [7, 11) is -2.32. The van der Waals surface area contributed by atoms with Crippen LogP contribution < -0.4 is 14.8 Å². The van der Waals surface area contributed by atoms with Gasteiger partial charge in [-0.3, -0.25) is 14.4 Å². The fourth-order valence-corrected chi connectivity index (χ4v) is 5.55. The van der Waals surface area contributed by atoms with Crippen LogP contribution in [0.25, 0.3) is 0 Å². The quantitative estimate of drug-likeness (QED) is 0.450. The van der Waals surface area contributed by atoms with Crippen molar-refractivity contribution in [3.8, 4) is 5.75 Å². The van der Waals surface area contributed by atoms with Gasteiger partial charge in [0.15, 0.2) is 0 Å². The Bertz CT molecular complexity index is 1310. The number of anilines is 2. The molecule has 3 aromatic carbocycles. The van der Waals surface area contributed by atoms with Gasteiger partial charge in [-0.05, 0) is 87.3 Å². The van der Waals surface area contributed by atoms with E-state index in [0.717, 1.165) is 38.0 Å². The van der Waals surface area contributed by atoms with E-state index in [1.54, 1.807) is 24.3 Å². The molecule has 3 aromatic rings. The number of benzene rings is 3. The highest BCUT2D eigenvalue weighted by Crippen LogP contribution is 2.28. The molecule has 0 bridgehead atoms. The van der Waals surface area contributed by atoms with Crippen LogP contribution in [0.1, 0.15) is 29.5 Å². The number of ether oxygens (including phenoxy) is 1. The maximum absolute atomic E-state index is 12.9. The van der Waals surface area contributed by atoms with E-state index in [-0.39, 0.29) is 16.7 Å². The molecule has 190 valence electrons. The zero-order valence-corrected chi connectivity index (χ0v) is 21.8. The minimum absolute atomic E-state index is 0.0246. The molecule has 0 radical (unpaired) electrons. The van der Waals surface area contributed by atoms with E-state index in [1.807, 2.05) is 13.0 Å². The van der Waals surface area contributed by atoms with Crippen molar-refractivity contribution in [1.29, 1.82) is 0 Å². The van der Waals surface area contributed by atoms with E-state index in [0.29, 0.717) is 17.1 Å². The number of nitrogens with zero attached hydrogens (tertiary/aromatic N) is 1. The lowest BCUT2D eigenvalue weighted by atomic mass is 9.95. The average molecular weight is 508 g/mol. The van der Waals surface area contributed by atoms with Gasteiger partial charge < -0.3 is 10.1 Å². The molecule has 0 aromatic heterocycles. The molecule has 0 spiro atoms. The first-order valence-electron chi connectivity index (χ1n) is 12.1. The molecule has 4 rings (SSSR count). The predicted octanol–water partition coefficient (Wildman–Crippen LogP) is 4.96. The zero-order chi connectivity index (χ0) is 25.7. The summed E-state index contributed by atoms with van der Waals surface area (Å²) >= 11 is 0. The molecule has 0 aliphatic carbocycles. The molecule has 1 saturated heterocycles. The smallest absolute Gasteiger partial charge is 0.262 e. The fourth-order valence-electron chi connectivity index (χ4n) is 4.49. The van der Waals surface area contributed by atoms with Crippen LogP contribution >= 0.6 is 0 Å². The lowest BCUT2D eigenvalue weighted by molar-refractivity contribution is -0.121. The maximum atomic E-state index is 12.9. The molecule has 36 heavy (non-hydrogen) atoms. The minimum Gasteiger partial charge on any atom is -0.495 e. The van der Waals surface area contributed by atoms with Gasteiger partial charge in [-0.2, -0.15) is 0 Å².